The van der Waals surface area contributed by atoms with Crippen LogP contribution in [0.25, 0.3) is 98.4 Å². The van der Waals surface area contributed by atoms with Gasteiger partial charge in [-0.05, 0) is 89.1 Å². The Morgan fingerprint density at radius 2 is 0.588 bits per heavy atom. The Hall–Kier alpha value is -5.86. The normalized spacial score (nSPS) is 14.0. The lowest BCUT2D eigenvalue weighted by Crippen LogP contribution is -2.16. The first-order valence-corrected chi connectivity index (χ1v) is 25.3. The van der Waals surface area contributed by atoms with Gasteiger partial charge in [-0.1, -0.05) is 222 Å². The van der Waals surface area contributed by atoms with Crippen LogP contribution in [0.2, 0.25) is 0 Å². The summed E-state index contributed by atoms with van der Waals surface area (Å²) in [5.74, 6) is 0. The van der Waals surface area contributed by atoms with Crippen molar-refractivity contribution in [3.8, 4) is 22.3 Å². The van der Waals surface area contributed by atoms with E-state index in [1.165, 1.54) is 132 Å². The number of rotatable bonds is 2. The van der Waals surface area contributed by atoms with Gasteiger partial charge in [0.1, 0.15) is 0 Å². The first-order chi connectivity index (χ1) is 31.6. The van der Waals surface area contributed by atoms with Crippen molar-refractivity contribution < 1.29 is 0 Å². The summed E-state index contributed by atoms with van der Waals surface area (Å²) in [6, 6.07) is 43.5. The molecule has 0 aliphatic carbocycles. The van der Waals surface area contributed by atoms with Crippen LogP contribution < -0.4 is 0 Å². The summed E-state index contributed by atoms with van der Waals surface area (Å²) in [6.45, 7) is 42.6. The Kier molecular flexibility index (Phi) is 9.12. The average molecular weight is 893 g/mol. The fourth-order valence-electron chi connectivity index (χ4n) is 11.9. The molecule has 346 valence electrons. The molecule has 4 aromatic heterocycles. The van der Waals surface area contributed by atoms with E-state index in [4.69, 9.17) is 0 Å². The van der Waals surface area contributed by atoms with E-state index < -0.39 is 0 Å². The number of aromatic nitrogens is 2. The molecule has 0 fully saturated rings. The van der Waals surface area contributed by atoms with Crippen LogP contribution in [0.15, 0.2) is 109 Å². The smallest absolute Gasteiger partial charge is 0.0635 e. The lowest BCUT2D eigenvalue weighted by atomic mass is 9.78. The Balaban J connectivity index is 1.45. The predicted molar refractivity (Wildman–Crippen MR) is 299 cm³/mol. The second kappa shape index (κ2) is 13.9. The van der Waals surface area contributed by atoms with Crippen molar-refractivity contribution in [2.45, 2.75) is 157 Å². The molecule has 11 rings (SSSR count). The Morgan fingerprint density at radius 3 is 0.882 bits per heavy atom. The van der Waals surface area contributed by atoms with Crippen LogP contribution in [0.5, 0.6) is 0 Å². The second-order valence-corrected chi connectivity index (χ2v) is 26.8. The highest BCUT2D eigenvalue weighted by molar-refractivity contribution is 6.46. The van der Waals surface area contributed by atoms with Gasteiger partial charge in [0.2, 0.25) is 0 Å². The van der Waals surface area contributed by atoms with E-state index in [2.05, 4.69) is 243 Å². The van der Waals surface area contributed by atoms with Gasteiger partial charge in [-0.3, -0.25) is 0 Å². The molecule has 7 aromatic carbocycles. The number of hydrogen-bond acceptors (Lipinski definition) is 0. The average Bonchev–Trinajstić information content (AvgIpc) is 3.97. The molecule has 68 heavy (non-hydrogen) atoms. The lowest BCUT2D eigenvalue weighted by Gasteiger charge is -2.26. The van der Waals surface area contributed by atoms with E-state index in [0.29, 0.717) is 0 Å². The van der Waals surface area contributed by atoms with Gasteiger partial charge in [-0.15, -0.1) is 0 Å². The van der Waals surface area contributed by atoms with Gasteiger partial charge in [-0.25, -0.2) is 0 Å². The van der Waals surface area contributed by atoms with E-state index in [1.807, 2.05) is 0 Å². The van der Waals surface area contributed by atoms with Gasteiger partial charge in [-0.2, -0.15) is 0 Å². The van der Waals surface area contributed by atoms with Gasteiger partial charge in [0.15, 0.2) is 0 Å². The zero-order chi connectivity index (χ0) is 48.7. The van der Waals surface area contributed by atoms with Crippen molar-refractivity contribution in [3.05, 3.63) is 143 Å². The molecule has 4 heterocycles. The monoisotopic (exact) mass is 893 g/mol. The third-order valence-electron chi connectivity index (χ3n) is 15.6. The van der Waals surface area contributed by atoms with E-state index >= 15 is 0 Å². The minimum atomic E-state index is -0.100. The second-order valence-electron chi connectivity index (χ2n) is 26.8. The van der Waals surface area contributed by atoms with Crippen LogP contribution in [-0.4, -0.2) is 8.80 Å². The molecule has 0 saturated heterocycles. The molecule has 0 saturated carbocycles. The van der Waals surface area contributed by atoms with Crippen molar-refractivity contribution in [3.63, 3.8) is 0 Å². The maximum absolute atomic E-state index is 2.71. The quantitative estimate of drug-likeness (QED) is 0.163. The number of hydrogen-bond donors (Lipinski definition) is 0. The molecule has 0 aliphatic rings. The fraction of sp³-hybridized carbons (Fsp3) is 0.364. The zero-order valence-corrected chi connectivity index (χ0v) is 44.3. The van der Waals surface area contributed by atoms with Crippen molar-refractivity contribution in [2.24, 2.45) is 0 Å². The maximum Gasteiger partial charge on any atom is 0.0635 e. The van der Waals surface area contributed by atoms with Crippen molar-refractivity contribution >= 4 is 76.2 Å². The molecule has 0 aliphatic heterocycles. The summed E-state index contributed by atoms with van der Waals surface area (Å²) in [6.07, 6.45) is 0. The molecule has 11 aromatic rings. The Bertz CT molecular complexity index is 3550. The molecule has 0 spiro atoms. The summed E-state index contributed by atoms with van der Waals surface area (Å²) < 4.78 is 5.42. The molecule has 0 unspecified atom stereocenters. The Morgan fingerprint density at radius 1 is 0.279 bits per heavy atom. The number of para-hydroxylation sites is 2. The highest BCUT2D eigenvalue weighted by atomic mass is 15.0. The molecule has 2 heteroatoms. The third kappa shape index (κ3) is 6.34. The minimum absolute atomic E-state index is 0.0101. The van der Waals surface area contributed by atoms with Gasteiger partial charge >= 0.3 is 0 Å². The summed E-state index contributed by atoms with van der Waals surface area (Å²) in [5, 5.41) is 10.9. The van der Waals surface area contributed by atoms with Crippen LogP contribution in [-0.2, 0) is 32.5 Å². The predicted octanol–water partition coefficient (Wildman–Crippen LogP) is 19.1. The van der Waals surface area contributed by atoms with Gasteiger partial charge in [0.05, 0.1) is 33.1 Å². The number of nitrogens with zero attached hydrogens (tertiary/aromatic N) is 2. The van der Waals surface area contributed by atoms with Gasteiger partial charge in [0.25, 0.3) is 0 Å². The van der Waals surface area contributed by atoms with Crippen LogP contribution in [0, 0.1) is 0 Å². The molecule has 0 radical (unpaired) electrons. The lowest BCUT2D eigenvalue weighted by molar-refractivity contribution is 0.568. The molecular weight excluding hydrogens is 821 g/mol. The Labute approximate surface area is 405 Å². The highest BCUT2D eigenvalue weighted by Crippen LogP contribution is 2.56. The van der Waals surface area contributed by atoms with E-state index in [1.54, 1.807) is 0 Å². The number of benzene rings is 7. The highest BCUT2D eigenvalue weighted by Gasteiger charge is 2.35. The fourth-order valence-corrected chi connectivity index (χ4v) is 11.9. The van der Waals surface area contributed by atoms with Crippen LogP contribution in [0.4, 0.5) is 0 Å². The first-order valence-electron chi connectivity index (χ1n) is 25.3. The first kappa shape index (κ1) is 44.6. The van der Waals surface area contributed by atoms with Crippen LogP contribution >= 0.6 is 0 Å². The van der Waals surface area contributed by atoms with E-state index in [9.17, 15) is 0 Å². The van der Waals surface area contributed by atoms with Crippen molar-refractivity contribution in [1.29, 1.82) is 0 Å². The standard InChI is InChI=1S/C66H72N2/c1-61(2,3)39-31-37(32-40(35-39)62(4,5)6)43-23-19-25-45-51-55-54-48(66(16,17)18)28-22-30-50(54)68-58-44(38-33-41(63(7,8)9)36-42(34-38)64(10,11)12)24-20-26-46(58)52(60(55)68)56-53-47(65(13,14)15)27-21-29-49(53)67(57(43)45)59(51)56/h19-36H,1-18H3. The van der Waals surface area contributed by atoms with Gasteiger partial charge < -0.3 is 8.80 Å². The molecule has 2 nitrogen and oxygen atoms in total. The van der Waals surface area contributed by atoms with E-state index in [-0.39, 0.29) is 32.5 Å². The summed E-state index contributed by atoms with van der Waals surface area (Å²) >= 11 is 0. The minimum Gasteiger partial charge on any atom is -0.307 e. The largest absolute Gasteiger partial charge is 0.307 e. The molecule has 0 amide bonds. The molecule has 0 bridgehead atoms. The topological polar surface area (TPSA) is 8.82 Å². The third-order valence-corrected chi connectivity index (χ3v) is 15.6. The van der Waals surface area contributed by atoms with E-state index in [0.717, 1.165) is 0 Å². The van der Waals surface area contributed by atoms with Crippen LogP contribution in [0.1, 0.15) is 158 Å². The summed E-state index contributed by atoms with van der Waals surface area (Å²) in [4.78, 5) is 0. The maximum atomic E-state index is 2.71. The number of fused-ring (bicyclic) bond motifs is 14. The summed E-state index contributed by atoms with van der Waals surface area (Å²) in [5.41, 5.74) is 21.1. The summed E-state index contributed by atoms with van der Waals surface area (Å²) in [7, 11) is 0. The molecular formula is C66H72N2. The van der Waals surface area contributed by atoms with Crippen LogP contribution in [0.3, 0.4) is 0 Å². The zero-order valence-electron chi connectivity index (χ0n) is 44.3. The van der Waals surface area contributed by atoms with Gasteiger partial charge in [0, 0.05) is 54.2 Å². The molecule has 0 N–H and O–H groups in total. The molecule has 0 atom stereocenters. The van der Waals surface area contributed by atoms with Crippen molar-refractivity contribution in [1.82, 2.24) is 8.80 Å². The van der Waals surface area contributed by atoms with Crippen molar-refractivity contribution in [2.75, 3.05) is 0 Å². The SMILES string of the molecule is CC(C)(C)c1cc(-c2cccc3c4c5c6c(C(C)(C)C)cccc6n6c7c(-c8cc(C(C)(C)C)cc(C(C)(C)C)c8)cccc7c(c7c8c(C(C)(C)C)cccc8n(c23)c47)c56)cc(C(C)(C)C)c1.